The van der Waals surface area contributed by atoms with Crippen molar-refractivity contribution >= 4 is 21.6 Å². The minimum Gasteiger partial charge on any atom is -0.396 e. The van der Waals surface area contributed by atoms with Gasteiger partial charge >= 0.3 is 0 Å². The molecule has 0 fully saturated rings. The number of nitrogen functional groups attached to an aromatic ring is 1. The fourth-order valence-electron chi connectivity index (χ4n) is 1.81. The Morgan fingerprint density at radius 2 is 1.86 bits per heavy atom. The maximum atomic E-state index is 13.1. The summed E-state index contributed by atoms with van der Waals surface area (Å²) in [6, 6.07) is 3.16. The van der Waals surface area contributed by atoms with Gasteiger partial charge in [-0.2, -0.15) is 4.31 Å². The molecule has 0 spiro atoms. The molecule has 0 aliphatic rings. The van der Waals surface area contributed by atoms with Crippen molar-refractivity contribution in [2.45, 2.75) is 18.7 Å². The second-order valence-electron chi connectivity index (χ2n) is 4.51. The van der Waals surface area contributed by atoms with E-state index in [1.165, 1.54) is 11.9 Å². The van der Waals surface area contributed by atoms with Gasteiger partial charge in [0.2, 0.25) is 15.9 Å². The third kappa shape index (κ3) is 3.92. The van der Waals surface area contributed by atoms with Crippen LogP contribution < -0.4 is 5.73 Å². The van der Waals surface area contributed by atoms with Crippen LogP contribution in [0, 0.1) is 5.82 Å². The number of halogens is 1. The Hall–Kier alpha value is -1.67. The van der Waals surface area contributed by atoms with Crippen molar-refractivity contribution in [2.75, 3.05) is 32.4 Å². The first kappa shape index (κ1) is 17.4. The number of nitrogens with zero attached hydrogens (tertiary/aromatic N) is 2. The van der Waals surface area contributed by atoms with E-state index in [4.69, 9.17) is 5.73 Å². The molecule has 2 N–H and O–H groups in total. The molecule has 0 atom stereocenters. The average molecular weight is 317 g/mol. The highest BCUT2D eigenvalue weighted by Gasteiger charge is 2.25. The lowest BCUT2D eigenvalue weighted by Crippen LogP contribution is -2.41. The highest BCUT2D eigenvalue weighted by Crippen LogP contribution is 2.19. The molecule has 0 saturated heterocycles. The Bertz CT molecular complexity index is 615. The predicted molar refractivity (Wildman–Crippen MR) is 78.6 cm³/mol. The number of anilines is 1. The number of amides is 1. The minimum absolute atomic E-state index is 0.142. The SMILES string of the molecule is CCN(CC)C(=O)CN(C)S(=O)(=O)c1ccc(F)c(N)c1. The van der Waals surface area contributed by atoms with Gasteiger partial charge in [0.1, 0.15) is 5.82 Å². The fourth-order valence-corrected chi connectivity index (χ4v) is 2.97. The van der Waals surface area contributed by atoms with Crippen molar-refractivity contribution in [3.8, 4) is 0 Å². The zero-order chi connectivity index (χ0) is 16.2. The van der Waals surface area contributed by atoms with Gasteiger partial charge in [-0.25, -0.2) is 12.8 Å². The van der Waals surface area contributed by atoms with E-state index in [9.17, 15) is 17.6 Å². The topological polar surface area (TPSA) is 83.7 Å². The molecule has 0 radical (unpaired) electrons. The summed E-state index contributed by atoms with van der Waals surface area (Å²) >= 11 is 0. The first-order chi connectivity index (χ1) is 9.73. The molecule has 1 amide bonds. The smallest absolute Gasteiger partial charge is 0.243 e. The van der Waals surface area contributed by atoms with E-state index in [1.807, 2.05) is 13.8 Å². The van der Waals surface area contributed by atoms with E-state index in [0.717, 1.165) is 22.5 Å². The summed E-state index contributed by atoms with van der Waals surface area (Å²) < 4.78 is 38.6. The third-order valence-electron chi connectivity index (χ3n) is 3.15. The van der Waals surface area contributed by atoms with E-state index in [-0.39, 0.29) is 23.0 Å². The van der Waals surface area contributed by atoms with Crippen LogP contribution >= 0.6 is 0 Å². The number of hydrogen-bond donors (Lipinski definition) is 1. The standard InChI is InChI=1S/C13H20FN3O3S/c1-4-17(5-2)13(18)9-16(3)21(19,20)10-6-7-11(14)12(15)8-10/h6-8H,4-5,9,15H2,1-3H3. The molecule has 6 nitrogen and oxygen atoms in total. The van der Waals surface area contributed by atoms with E-state index < -0.39 is 15.8 Å². The molecule has 1 aromatic carbocycles. The molecule has 0 aromatic heterocycles. The Labute approximate surface area is 124 Å². The lowest BCUT2D eigenvalue weighted by Gasteiger charge is -2.23. The maximum absolute atomic E-state index is 13.1. The molecule has 21 heavy (non-hydrogen) atoms. The van der Waals surface area contributed by atoms with Crippen LogP contribution in [0.3, 0.4) is 0 Å². The van der Waals surface area contributed by atoms with Crippen molar-refractivity contribution < 1.29 is 17.6 Å². The van der Waals surface area contributed by atoms with Crippen LogP contribution in [-0.4, -0.2) is 50.2 Å². The van der Waals surface area contributed by atoms with E-state index in [0.29, 0.717) is 13.1 Å². The van der Waals surface area contributed by atoms with Crippen LogP contribution in [0.25, 0.3) is 0 Å². The van der Waals surface area contributed by atoms with Crippen LogP contribution in [0.1, 0.15) is 13.8 Å². The number of nitrogens with two attached hydrogens (primary N) is 1. The van der Waals surface area contributed by atoms with Gasteiger partial charge in [0.05, 0.1) is 17.1 Å². The second kappa shape index (κ2) is 6.86. The summed E-state index contributed by atoms with van der Waals surface area (Å²) in [6.07, 6.45) is 0. The molecule has 1 aromatic rings. The van der Waals surface area contributed by atoms with Crippen LogP contribution in [0.15, 0.2) is 23.1 Å². The normalized spacial score (nSPS) is 11.7. The molecule has 0 aliphatic carbocycles. The number of carbonyl (C=O) groups excluding carboxylic acids is 1. The first-order valence-corrected chi connectivity index (χ1v) is 7.97. The highest BCUT2D eigenvalue weighted by atomic mass is 32.2. The van der Waals surface area contributed by atoms with Gasteiger partial charge in [-0.3, -0.25) is 4.79 Å². The van der Waals surface area contributed by atoms with Crippen molar-refractivity contribution in [1.29, 1.82) is 0 Å². The number of carbonyl (C=O) groups is 1. The van der Waals surface area contributed by atoms with Gasteiger partial charge in [0.15, 0.2) is 0 Å². The Morgan fingerprint density at radius 3 is 2.33 bits per heavy atom. The summed E-state index contributed by atoms with van der Waals surface area (Å²) in [7, 11) is -2.58. The second-order valence-corrected chi connectivity index (χ2v) is 6.56. The number of likely N-dealkylation sites (N-methyl/N-ethyl adjacent to an activating group) is 2. The average Bonchev–Trinajstić information content (AvgIpc) is 2.42. The lowest BCUT2D eigenvalue weighted by molar-refractivity contribution is -0.130. The summed E-state index contributed by atoms with van der Waals surface area (Å²) in [4.78, 5) is 13.3. The minimum atomic E-state index is -3.88. The molecule has 118 valence electrons. The van der Waals surface area contributed by atoms with Gasteiger partial charge in [0, 0.05) is 20.1 Å². The maximum Gasteiger partial charge on any atom is 0.243 e. The predicted octanol–water partition coefficient (Wildman–Crippen LogP) is 0.897. The van der Waals surface area contributed by atoms with E-state index in [1.54, 1.807) is 0 Å². The number of rotatable bonds is 6. The van der Waals surface area contributed by atoms with Crippen LogP contribution in [0.5, 0.6) is 0 Å². The summed E-state index contributed by atoms with van der Waals surface area (Å²) in [5.41, 5.74) is 5.13. The van der Waals surface area contributed by atoms with Crippen molar-refractivity contribution in [2.24, 2.45) is 0 Å². The van der Waals surface area contributed by atoms with Gasteiger partial charge in [0.25, 0.3) is 0 Å². The molecular formula is C13H20FN3O3S. The van der Waals surface area contributed by atoms with Gasteiger partial charge < -0.3 is 10.6 Å². The Morgan fingerprint density at radius 1 is 1.29 bits per heavy atom. The summed E-state index contributed by atoms with van der Waals surface area (Å²) in [5, 5.41) is 0. The number of sulfonamides is 1. The Balaban J connectivity index is 2.96. The molecule has 1 rings (SSSR count). The highest BCUT2D eigenvalue weighted by molar-refractivity contribution is 7.89. The lowest BCUT2D eigenvalue weighted by atomic mass is 10.3. The van der Waals surface area contributed by atoms with Gasteiger partial charge in [-0.15, -0.1) is 0 Å². The molecule has 0 unspecified atom stereocenters. The Kier molecular flexibility index (Phi) is 5.68. The molecule has 0 heterocycles. The van der Waals surface area contributed by atoms with Gasteiger partial charge in [-0.1, -0.05) is 0 Å². The van der Waals surface area contributed by atoms with Crippen molar-refractivity contribution in [1.82, 2.24) is 9.21 Å². The summed E-state index contributed by atoms with van der Waals surface area (Å²) in [5.74, 6) is -0.975. The molecular weight excluding hydrogens is 297 g/mol. The van der Waals surface area contributed by atoms with E-state index in [2.05, 4.69) is 0 Å². The zero-order valence-electron chi connectivity index (χ0n) is 12.3. The number of benzene rings is 1. The fraction of sp³-hybridized carbons (Fsp3) is 0.462. The largest absolute Gasteiger partial charge is 0.396 e. The molecule has 0 bridgehead atoms. The number of hydrogen-bond acceptors (Lipinski definition) is 4. The van der Waals surface area contributed by atoms with Crippen LogP contribution in [0.4, 0.5) is 10.1 Å². The van der Waals surface area contributed by atoms with Crippen LogP contribution in [0.2, 0.25) is 0 Å². The van der Waals surface area contributed by atoms with E-state index >= 15 is 0 Å². The molecule has 0 aliphatic heterocycles. The zero-order valence-corrected chi connectivity index (χ0v) is 13.2. The van der Waals surface area contributed by atoms with Crippen molar-refractivity contribution in [3.05, 3.63) is 24.0 Å². The first-order valence-electron chi connectivity index (χ1n) is 6.53. The summed E-state index contributed by atoms with van der Waals surface area (Å²) in [6.45, 7) is 4.37. The van der Waals surface area contributed by atoms with Gasteiger partial charge in [-0.05, 0) is 32.0 Å². The molecule has 8 heteroatoms. The molecule has 0 saturated carbocycles. The quantitative estimate of drug-likeness (QED) is 0.790. The van der Waals surface area contributed by atoms with Crippen molar-refractivity contribution in [3.63, 3.8) is 0 Å². The van der Waals surface area contributed by atoms with Crippen LogP contribution in [-0.2, 0) is 14.8 Å². The third-order valence-corrected chi connectivity index (χ3v) is 4.95. The monoisotopic (exact) mass is 317 g/mol.